The topological polar surface area (TPSA) is 107 Å². The lowest BCUT2D eigenvalue weighted by Crippen LogP contribution is -2.47. The Hall–Kier alpha value is -2.52. The van der Waals surface area contributed by atoms with Crippen LogP contribution in [-0.4, -0.2) is 60.7 Å². The number of hydrogen-bond acceptors (Lipinski definition) is 5. The van der Waals surface area contributed by atoms with E-state index >= 15 is 0 Å². The highest BCUT2D eigenvalue weighted by Crippen LogP contribution is 2.31. The molecule has 0 saturated carbocycles. The second-order valence-corrected chi connectivity index (χ2v) is 12.2. The molecule has 2 aromatic carbocycles. The van der Waals surface area contributed by atoms with Gasteiger partial charge in [-0.25, -0.2) is 13.2 Å². The molecule has 0 unspecified atom stereocenters. The van der Waals surface area contributed by atoms with Crippen LogP contribution in [0.1, 0.15) is 42.5 Å². The number of likely N-dealkylation sites (N-methyl/N-ethyl adjacent to an activating group) is 1. The summed E-state index contributed by atoms with van der Waals surface area (Å²) in [5, 5.41) is 22.8. The van der Waals surface area contributed by atoms with Gasteiger partial charge >= 0.3 is 5.97 Å². The Kier molecular flexibility index (Phi) is 8.54. The van der Waals surface area contributed by atoms with Gasteiger partial charge in [-0.2, -0.15) is 4.31 Å². The molecule has 35 heavy (non-hydrogen) atoms. The fourth-order valence-electron chi connectivity index (χ4n) is 4.78. The number of benzene rings is 2. The van der Waals surface area contributed by atoms with Gasteiger partial charge in [0.15, 0.2) is 0 Å². The van der Waals surface area contributed by atoms with Crippen molar-refractivity contribution in [3.63, 3.8) is 0 Å². The lowest BCUT2D eigenvalue weighted by atomic mass is 9.88. The van der Waals surface area contributed by atoms with Gasteiger partial charge in [-0.05, 0) is 86.4 Å². The third kappa shape index (κ3) is 7.24. The van der Waals surface area contributed by atoms with Crippen LogP contribution in [-0.2, 0) is 27.7 Å². The predicted octanol–water partition coefficient (Wildman–Crippen LogP) is 3.25. The molecule has 0 radical (unpaired) electrons. The Labute approximate surface area is 208 Å². The standard InChI is InChI=1S/C27H36N2O5S/c1-19-13-25(11-9-21(19)10-12-26(31)32)35(33,34)29(4)18-24(30)17-28-27(2,3)16-20-14-22-7-5-6-8-23(22)15-20/h5-13,20,24,28,30H,14-18H2,1-4H3,(H,31,32)/b12-10+/t24-/m1/s1. The Morgan fingerprint density at radius 2 is 1.83 bits per heavy atom. The van der Waals surface area contributed by atoms with E-state index < -0.39 is 22.1 Å². The summed E-state index contributed by atoms with van der Waals surface area (Å²) >= 11 is 0. The zero-order valence-electron chi connectivity index (χ0n) is 20.9. The number of nitrogens with zero attached hydrogens (tertiary/aromatic N) is 1. The first kappa shape index (κ1) is 27.1. The highest BCUT2D eigenvalue weighted by Gasteiger charge is 2.29. The molecule has 1 aliphatic rings. The number of aliphatic hydroxyl groups excluding tert-OH is 1. The van der Waals surface area contributed by atoms with E-state index in [0.717, 1.165) is 29.6 Å². The predicted molar refractivity (Wildman–Crippen MR) is 138 cm³/mol. The van der Waals surface area contributed by atoms with Crippen molar-refractivity contribution < 1.29 is 23.4 Å². The van der Waals surface area contributed by atoms with E-state index in [-0.39, 0.29) is 23.5 Å². The maximum atomic E-state index is 13.0. The van der Waals surface area contributed by atoms with Crippen LogP contribution in [0.3, 0.4) is 0 Å². The number of β-amino-alcohol motifs (C(OH)–C–C–N with tert-alkyl or cyclic N) is 1. The van der Waals surface area contributed by atoms with Gasteiger partial charge in [0.2, 0.25) is 10.0 Å². The summed E-state index contributed by atoms with van der Waals surface area (Å²) in [6.45, 7) is 6.20. The van der Waals surface area contributed by atoms with E-state index in [1.165, 1.54) is 36.4 Å². The minimum Gasteiger partial charge on any atom is -0.478 e. The number of carboxylic acid groups (broad SMARTS) is 1. The maximum absolute atomic E-state index is 13.0. The van der Waals surface area contributed by atoms with Crippen molar-refractivity contribution in [2.75, 3.05) is 20.1 Å². The first-order valence-corrected chi connectivity index (χ1v) is 13.3. The molecule has 3 rings (SSSR count). The molecule has 7 nitrogen and oxygen atoms in total. The van der Waals surface area contributed by atoms with E-state index in [1.807, 2.05) is 0 Å². The van der Waals surface area contributed by atoms with Crippen LogP contribution in [0.25, 0.3) is 6.08 Å². The molecule has 0 aliphatic heterocycles. The smallest absolute Gasteiger partial charge is 0.328 e. The number of aryl methyl sites for hydroxylation is 1. The molecule has 1 aliphatic carbocycles. The summed E-state index contributed by atoms with van der Waals surface area (Å²) in [6, 6.07) is 13.1. The molecular formula is C27H36N2O5S. The van der Waals surface area contributed by atoms with Gasteiger partial charge in [0, 0.05) is 31.8 Å². The summed E-state index contributed by atoms with van der Waals surface area (Å²) in [5.41, 5.74) is 3.92. The average Bonchev–Trinajstić information content (AvgIpc) is 3.18. The molecule has 0 saturated heterocycles. The molecule has 190 valence electrons. The fraction of sp³-hybridized carbons (Fsp3) is 0.444. The fourth-order valence-corrected chi connectivity index (χ4v) is 6.07. The van der Waals surface area contributed by atoms with Gasteiger partial charge in [0.25, 0.3) is 0 Å². The Morgan fingerprint density at radius 1 is 1.20 bits per heavy atom. The van der Waals surface area contributed by atoms with Crippen LogP contribution in [0.4, 0.5) is 0 Å². The van der Waals surface area contributed by atoms with Gasteiger partial charge in [-0.3, -0.25) is 0 Å². The number of hydrogen-bond donors (Lipinski definition) is 3. The molecule has 0 spiro atoms. The maximum Gasteiger partial charge on any atom is 0.328 e. The molecular weight excluding hydrogens is 464 g/mol. The summed E-state index contributed by atoms with van der Waals surface area (Å²) in [4.78, 5) is 10.8. The van der Waals surface area contributed by atoms with Gasteiger partial charge in [0.1, 0.15) is 0 Å². The van der Waals surface area contributed by atoms with Crippen LogP contribution in [0.2, 0.25) is 0 Å². The molecule has 1 atom stereocenters. The zero-order chi connectivity index (χ0) is 25.8. The van der Waals surface area contributed by atoms with Crippen molar-refractivity contribution in [1.29, 1.82) is 0 Å². The molecule has 0 amide bonds. The number of aliphatic carboxylic acids is 1. The molecule has 8 heteroatoms. The van der Waals surface area contributed by atoms with Crippen molar-refractivity contribution in [2.45, 2.75) is 56.6 Å². The highest BCUT2D eigenvalue weighted by atomic mass is 32.2. The van der Waals surface area contributed by atoms with Crippen molar-refractivity contribution in [3.8, 4) is 0 Å². The zero-order valence-corrected chi connectivity index (χ0v) is 21.7. The van der Waals surface area contributed by atoms with Crippen LogP contribution in [0.5, 0.6) is 0 Å². The minimum absolute atomic E-state index is 0.0417. The number of fused-ring (bicyclic) bond motifs is 1. The Balaban J connectivity index is 1.54. The average molecular weight is 501 g/mol. The van der Waals surface area contributed by atoms with Gasteiger partial charge < -0.3 is 15.5 Å². The number of aliphatic hydroxyl groups is 1. The lowest BCUT2D eigenvalue weighted by molar-refractivity contribution is -0.131. The number of carboxylic acids is 1. The largest absolute Gasteiger partial charge is 0.478 e. The van der Waals surface area contributed by atoms with E-state index in [1.54, 1.807) is 13.0 Å². The molecule has 0 fully saturated rings. The van der Waals surface area contributed by atoms with Crippen LogP contribution in [0.15, 0.2) is 53.4 Å². The number of rotatable bonds is 11. The number of sulfonamides is 1. The first-order chi connectivity index (χ1) is 16.4. The highest BCUT2D eigenvalue weighted by molar-refractivity contribution is 7.89. The molecule has 0 bridgehead atoms. The Bertz CT molecular complexity index is 1160. The second kappa shape index (κ2) is 11.0. The van der Waals surface area contributed by atoms with Gasteiger partial charge in [-0.1, -0.05) is 30.3 Å². The van der Waals surface area contributed by atoms with Gasteiger partial charge in [0.05, 0.1) is 11.0 Å². The molecule has 2 aromatic rings. The second-order valence-electron chi connectivity index (χ2n) is 10.1. The van der Waals surface area contributed by atoms with E-state index in [4.69, 9.17) is 5.11 Å². The van der Waals surface area contributed by atoms with Crippen molar-refractivity contribution in [1.82, 2.24) is 9.62 Å². The molecule has 3 N–H and O–H groups in total. The quantitative estimate of drug-likeness (QED) is 0.409. The molecule has 0 aromatic heterocycles. The first-order valence-electron chi connectivity index (χ1n) is 11.9. The van der Waals surface area contributed by atoms with Crippen LogP contribution in [0, 0.1) is 12.8 Å². The summed E-state index contributed by atoms with van der Waals surface area (Å²) < 4.78 is 27.2. The normalized spacial score (nSPS) is 15.6. The summed E-state index contributed by atoms with van der Waals surface area (Å²) in [5.74, 6) is -0.522. The van der Waals surface area contributed by atoms with Crippen molar-refractivity contribution in [2.24, 2.45) is 5.92 Å². The van der Waals surface area contributed by atoms with Crippen molar-refractivity contribution in [3.05, 3.63) is 70.8 Å². The number of carbonyl (C=O) groups is 1. The van der Waals surface area contributed by atoms with Gasteiger partial charge in [-0.15, -0.1) is 0 Å². The summed E-state index contributed by atoms with van der Waals surface area (Å²) in [7, 11) is -2.35. The SMILES string of the molecule is Cc1cc(S(=O)(=O)N(C)C[C@H](O)CNC(C)(C)CC2Cc3ccccc3C2)ccc1/C=C/C(=O)O. The third-order valence-corrected chi connectivity index (χ3v) is 8.39. The summed E-state index contributed by atoms with van der Waals surface area (Å²) in [6.07, 6.45) is 4.67. The van der Waals surface area contributed by atoms with E-state index in [2.05, 4.69) is 43.4 Å². The monoisotopic (exact) mass is 500 g/mol. The Morgan fingerprint density at radius 3 is 2.40 bits per heavy atom. The van der Waals surface area contributed by atoms with E-state index in [0.29, 0.717) is 17.0 Å². The minimum atomic E-state index is -3.80. The number of nitrogens with one attached hydrogen (secondary N) is 1. The van der Waals surface area contributed by atoms with Crippen LogP contribution < -0.4 is 5.32 Å². The van der Waals surface area contributed by atoms with Crippen molar-refractivity contribution >= 4 is 22.1 Å². The third-order valence-electron chi connectivity index (χ3n) is 6.57. The lowest BCUT2D eigenvalue weighted by Gasteiger charge is -2.31. The van der Waals surface area contributed by atoms with Crippen LogP contribution >= 0.6 is 0 Å². The molecule has 0 heterocycles. The van der Waals surface area contributed by atoms with E-state index in [9.17, 15) is 18.3 Å².